The third-order valence-corrected chi connectivity index (χ3v) is 10.3. The van der Waals surface area contributed by atoms with Crippen molar-refractivity contribution in [2.45, 2.75) is 19.3 Å². The van der Waals surface area contributed by atoms with Crippen molar-refractivity contribution in [3.8, 4) is 90.5 Å². The highest BCUT2D eigenvalue weighted by atomic mass is 16.6. The minimum atomic E-state index is -0.177. The van der Waals surface area contributed by atoms with Gasteiger partial charge in [0.1, 0.15) is 0 Å². The Bertz CT molecular complexity index is 2700. The lowest BCUT2D eigenvalue weighted by Gasteiger charge is -2.25. The lowest BCUT2D eigenvalue weighted by atomic mass is 9.82. The molecule has 2 aliphatic rings. The molecule has 7 aromatic carbocycles. The van der Waals surface area contributed by atoms with Crippen molar-refractivity contribution in [1.29, 1.82) is 0 Å². The van der Waals surface area contributed by atoms with Gasteiger partial charge in [-0.3, -0.25) is 0 Å². The smallest absolute Gasteiger partial charge is 0.187 e. The predicted octanol–water partition coefficient (Wildman–Crippen LogP) is 12.0. The van der Waals surface area contributed by atoms with Gasteiger partial charge in [-0.25, -0.2) is 15.0 Å². The molecule has 0 saturated heterocycles. The van der Waals surface area contributed by atoms with Gasteiger partial charge in [-0.2, -0.15) is 0 Å². The summed E-state index contributed by atoms with van der Waals surface area (Å²) >= 11 is 0. The highest BCUT2D eigenvalue weighted by Gasteiger charge is 2.37. The Morgan fingerprint density at radius 3 is 1.85 bits per heavy atom. The minimum absolute atomic E-state index is 0.177. The quantitative estimate of drug-likeness (QED) is 0.181. The Hall–Kier alpha value is -7.03. The predicted molar refractivity (Wildman–Crippen MR) is 209 cm³/mol. The highest BCUT2D eigenvalue weighted by molar-refractivity contribution is 5.87. The monoisotopic (exact) mass is 681 g/mol. The first-order chi connectivity index (χ1) is 26.0. The van der Waals surface area contributed by atoms with E-state index in [1.54, 1.807) is 6.07 Å². The van der Waals surface area contributed by atoms with Crippen LogP contribution in [0.5, 0.6) is 23.0 Å². The minimum Gasteiger partial charge on any atom is -0.449 e. The summed E-state index contributed by atoms with van der Waals surface area (Å²) in [6, 6.07) is 57.9. The van der Waals surface area contributed by atoms with E-state index in [1.165, 1.54) is 22.3 Å². The van der Waals surface area contributed by atoms with Gasteiger partial charge in [-0.05, 0) is 51.6 Å². The van der Waals surface area contributed by atoms with Crippen molar-refractivity contribution < 1.29 is 9.47 Å². The van der Waals surface area contributed by atoms with Gasteiger partial charge in [0.05, 0.1) is 5.56 Å². The summed E-state index contributed by atoms with van der Waals surface area (Å²) < 4.78 is 13.4. The maximum Gasteiger partial charge on any atom is 0.187 e. The zero-order valence-corrected chi connectivity index (χ0v) is 29.1. The van der Waals surface area contributed by atoms with Crippen molar-refractivity contribution >= 4 is 0 Å². The summed E-state index contributed by atoms with van der Waals surface area (Å²) in [4.78, 5) is 15.2. The van der Waals surface area contributed by atoms with Gasteiger partial charge in [0.15, 0.2) is 40.5 Å². The molecule has 5 heteroatoms. The maximum atomic E-state index is 6.78. The van der Waals surface area contributed by atoms with Gasteiger partial charge in [0.25, 0.3) is 0 Å². The van der Waals surface area contributed by atoms with E-state index in [-0.39, 0.29) is 5.41 Å². The molecule has 10 rings (SSSR count). The van der Waals surface area contributed by atoms with Gasteiger partial charge in [-0.1, -0.05) is 153 Å². The number of benzene rings is 6. The first-order valence-corrected chi connectivity index (χ1v) is 17.7. The molecule has 5 nitrogen and oxygen atoms in total. The molecule has 0 bridgehead atoms. The molecule has 0 atom stereocenters. The van der Waals surface area contributed by atoms with E-state index in [0.717, 1.165) is 33.4 Å². The third kappa shape index (κ3) is 5.15. The lowest BCUT2D eigenvalue weighted by Crippen LogP contribution is -2.15. The molecule has 1 aromatic heterocycles. The van der Waals surface area contributed by atoms with E-state index in [1.807, 2.05) is 84.9 Å². The second-order valence-corrected chi connectivity index (χ2v) is 13.9. The fourth-order valence-corrected chi connectivity index (χ4v) is 7.59. The number of hydrogen-bond donors (Lipinski definition) is 0. The Labute approximate surface area is 308 Å². The second-order valence-electron chi connectivity index (χ2n) is 13.9. The van der Waals surface area contributed by atoms with Crippen LogP contribution < -0.4 is 9.47 Å². The van der Waals surface area contributed by atoms with E-state index in [0.29, 0.717) is 46.0 Å². The van der Waals surface area contributed by atoms with Gasteiger partial charge in [0, 0.05) is 33.7 Å². The summed E-state index contributed by atoms with van der Waals surface area (Å²) in [6.07, 6.45) is 0. The summed E-state index contributed by atoms with van der Waals surface area (Å²) in [7, 11) is 0. The number of fused-ring (bicyclic) bond motifs is 5. The molecule has 0 radical (unpaired) electrons. The van der Waals surface area contributed by atoms with Crippen LogP contribution in [0.4, 0.5) is 0 Å². The molecule has 2 heterocycles. The van der Waals surface area contributed by atoms with Crippen LogP contribution in [0.15, 0.2) is 152 Å². The first kappa shape index (κ1) is 30.8. The molecule has 53 heavy (non-hydrogen) atoms. The molecule has 0 amide bonds. The zero-order valence-electron chi connectivity index (χ0n) is 29.1. The van der Waals surface area contributed by atoms with Crippen LogP contribution in [-0.4, -0.2) is 15.0 Å². The molecular formula is C48H31N3O2. The maximum absolute atomic E-state index is 6.78. The normalized spacial score (nSPS) is 13.0. The SMILES string of the molecule is CC1(C)c2ccccc2-c2cc3c(cc21)Oc1c(-c2ccccc2-c2nc(-c4ccccc4)nc(-c4cccc(-c5ccccc5)c4)n2)c#ccc1O3. The van der Waals surface area contributed by atoms with Crippen LogP contribution in [0.1, 0.15) is 25.0 Å². The Kier molecular flexibility index (Phi) is 6.99. The summed E-state index contributed by atoms with van der Waals surface area (Å²) in [5, 5.41) is 0. The number of hydrogen-bond acceptors (Lipinski definition) is 5. The Morgan fingerprint density at radius 1 is 0.453 bits per heavy atom. The van der Waals surface area contributed by atoms with Crippen molar-refractivity contribution in [3.05, 3.63) is 175 Å². The van der Waals surface area contributed by atoms with Crippen LogP contribution in [0.25, 0.3) is 67.5 Å². The van der Waals surface area contributed by atoms with Crippen molar-refractivity contribution in [1.82, 2.24) is 15.0 Å². The number of rotatable bonds is 5. The molecule has 1 aliphatic carbocycles. The average molecular weight is 682 g/mol. The Balaban J connectivity index is 1.10. The fraction of sp³-hybridized carbons (Fsp3) is 0.0625. The van der Waals surface area contributed by atoms with E-state index in [2.05, 4.69) is 86.6 Å². The molecule has 250 valence electrons. The van der Waals surface area contributed by atoms with E-state index in [9.17, 15) is 0 Å². The van der Waals surface area contributed by atoms with Crippen LogP contribution in [-0.2, 0) is 5.41 Å². The van der Waals surface area contributed by atoms with Gasteiger partial charge in [0.2, 0.25) is 0 Å². The van der Waals surface area contributed by atoms with E-state index < -0.39 is 0 Å². The van der Waals surface area contributed by atoms with Gasteiger partial charge in [-0.15, -0.1) is 0 Å². The van der Waals surface area contributed by atoms with Crippen LogP contribution in [0.2, 0.25) is 0 Å². The van der Waals surface area contributed by atoms with Crippen molar-refractivity contribution in [2.24, 2.45) is 0 Å². The molecule has 0 saturated carbocycles. The van der Waals surface area contributed by atoms with E-state index in [4.69, 9.17) is 24.4 Å². The molecule has 0 unspecified atom stereocenters. The fourth-order valence-electron chi connectivity index (χ4n) is 7.59. The van der Waals surface area contributed by atoms with Crippen molar-refractivity contribution in [2.75, 3.05) is 0 Å². The van der Waals surface area contributed by atoms with Gasteiger partial charge < -0.3 is 9.47 Å². The molecule has 0 spiro atoms. The lowest BCUT2D eigenvalue weighted by molar-refractivity contribution is 0.360. The number of ether oxygens (including phenoxy) is 2. The zero-order chi connectivity index (χ0) is 35.5. The number of nitrogens with zero attached hydrogens (tertiary/aromatic N) is 3. The van der Waals surface area contributed by atoms with Crippen molar-refractivity contribution in [3.63, 3.8) is 0 Å². The topological polar surface area (TPSA) is 57.1 Å². The summed E-state index contributed by atoms with van der Waals surface area (Å²) in [5.41, 5.74) is 11.1. The summed E-state index contributed by atoms with van der Waals surface area (Å²) in [6.45, 7) is 4.52. The standard InChI is InChI=1S/C48H31N3O2/c1-48(2)39-25-12-11-22-35(39)38-28-42-43(29-40(38)48)53-44-36(24-14-26-41(44)52-42)34-21-9-10-23-37(34)47-50-45(31-17-7-4-8-18-31)49-46(51-47)33-20-13-19-32(27-33)30-15-5-3-6-16-30/h3-13,15-23,25-29H,1-2H3. The van der Waals surface area contributed by atoms with Crippen LogP contribution in [0.3, 0.4) is 0 Å². The third-order valence-electron chi connectivity index (χ3n) is 10.3. The largest absolute Gasteiger partial charge is 0.449 e. The number of aromatic nitrogens is 3. The highest BCUT2D eigenvalue weighted by Crippen LogP contribution is 2.56. The molecule has 0 fully saturated rings. The Morgan fingerprint density at radius 2 is 1.06 bits per heavy atom. The van der Waals surface area contributed by atoms with Crippen LogP contribution in [0, 0.1) is 12.1 Å². The first-order valence-electron chi connectivity index (χ1n) is 17.7. The molecule has 8 aromatic rings. The average Bonchev–Trinajstić information content (AvgIpc) is 3.44. The second kappa shape index (κ2) is 12.0. The molecule has 0 N–H and O–H groups in total. The molecule has 1 aliphatic heterocycles. The van der Waals surface area contributed by atoms with E-state index >= 15 is 0 Å². The summed E-state index contributed by atoms with van der Waals surface area (Å²) in [5.74, 6) is 4.20. The molecular weight excluding hydrogens is 651 g/mol. The van der Waals surface area contributed by atoms with Crippen LogP contribution >= 0.6 is 0 Å². The van der Waals surface area contributed by atoms with Gasteiger partial charge >= 0.3 is 0 Å².